The number of rotatable bonds is 11. The van der Waals surface area contributed by atoms with Crippen molar-refractivity contribution in [3.8, 4) is 5.75 Å². The highest BCUT2D eigenvalue weighted by Crippen LogP contribution is 2.37. The third-order valence-corrected chi connectivity index (χ3v) is 5.53. The van der Waals surface area contributed by atoms with Crippen molar-refractivity contribution in [2.75, 3.05) is 33.9 Å². The molecule has 0 aliphatic rings. The monoisotopic (exact) mass is 425 g/mol. The Morgan fingerprint density at radius 3 is 2.13 bits per heavy atom. The van der Waals surface area contributed by atoms with Gasteiger partial charge < -0.3 is 14.4 Å². The maximum Gasteiger partial charge on any atom is 0.122 e. The number of aryl methyl sites for hydroxylation is 1. The second kappa shape index (κ2) is 11.2. The Balaban J connectivity index is 1.79. The molecule has 0 atom stereocenters. The molecule has 31 heavy (non-hydrogen) atoms. The minimum Gasteiger partial charge on any atom is -0.491 e. The van der Waals surface area contributed by atoms with E-state index in [1.165, 1.54) is 22.3 Å². The Morgan fingerprint density at radius 1 is 0.839 bits per heavy atom. The van der Waals surface area contributed by atoms with Crippen LogP contribution in [0.3, 0.4) is 0 Å². The van der Waals surface area contributed by atoms with E-state index < -0.39 is 0 Å². The highest BCUT2D eigenvalue weighted by atomic mass is 16.5. The van der Waals surface area contributed by atoms with Crippen LogP contribution in [0.25, 0.3) is 0 Å². The summed E-state index contributed by atoms with van der Waals surface area (Å²) in [5.74, 6) is 0.954. The van der Waals surface area contributed by atoms with Crippen molar-refractivity contribution in [2.45, 2.75) is 66.3 Å². The van der Waals surface area contributed by atoms with Gasteiger partial charge in [-0.2, -0.15) is 0 Å². The summed E-state index contributed by atoms with van der Waals surface area (Å²) in [5, 5.41) is 0. The van der Waals surface area contributed by atoms with E-state index in [-0.39, 0.29) is 5.41 Å². The van der Waals surface area contributed by atoms with E-state index in [2.05, 4.69) is 103 Å². The Kier molecular flexibility index (Phi) is 9.14. The predicted octanol–water partition coefficient (Wildman–Crippen LogP) is 6.41. The molecule has 0 fully saturated rings. The third kappa shape index (κ3) is 8.66. The molecule has 0 N–H and O–H groups in total. The molecule has 0 spiro atoms. The molecule has 0 saturated carbocycles. The van der Waals surface area contributed by atoms with Gasteiger partial charge in [-0.3, -0.25) is 0 Å². The topological polar surface area (TPSA) is 21.7 Å². The van der Waals surface area contributed by atoms with Gasteiger partial charge in [0, 0.05) is 6.54 Å². The summed E-state index contributed by atoms with van der Waals surface area (Å²) in [5.41, 5.74) is 5.75. The zero-order valence-electron chi connectivity index (χ0n) is 21.0. The van der Waals surface area contributed by atoms with Crippen molar-refractivity contribution in [3.05, 3.63) is 64.7 Å². The van der Waals surface area contributed by atoms with Crippen molar-refractivity contribution in [2.24, 2.45) is 5.41 Å². The van der Waals surface area contributed by atoms with Crippen molar-refractivity contribution in [1.82, 2.24) is 4.90 Å². The summed E-state index contributed by atoms with van der Waals surface area (Å²) in [6, 6.07) is 15.2. The molecule has 2 rings (SSSR count). The van der Waals surface area contributed by atoms with Crippen LogP contribution < -0.4 is 4.74 Å². The molecule has 0 radical (unpaired) electrons. The summed E-state index contributed by atoms with van der Waals surface area (Å²) >= 11 is 0. The maximum atomic E-state index is 6.00. The van der Waals surface area contributed by atoms with Gasteiger partial charge in [0.2, 0.25) is 0 Å². The highest BCUT2D eigenvalue weighted by Gasteiger charge is 2.27. The van der Waals surface area contributed by atoms with Crippen LogP contribution in [0.5, 0.6) is 5.75 Å². The van der Waals surface area contributed by atoms with Gasteiger partial charge in [0.1, 0.15) is 12.4 Å². The van der Waals surface area contributed by atoms with Crippen molar-refractivity contribution >= 4 is 0 Å². The van der Waals surface area contributed by atoms with Crippen LogP contribution in [0.15, 0.2) is 42.5 Å². The van der Waals surface area contributed by atoms with E-state index in [0.717, 1.165) is 25.1 Å². The number of ether oxygens (including phenoxy) is 2. The smallest absolute Gasteiger partial charge is 0.122 e. The number of benzene rings is 2. The number of hydrogen-bond acceptors (Lipinski definition) is 3. The van der Waals surface area contributed by atoms with Crippen LogP contribution in [-0.4, -0.2) is 38.8 Å². The van der Waals surface area contributed by atoms with Crippen LogP contribution in [0, 0.1) is 12.3 Å². The number of hydrogen-bond donors (Lipinski definition) is 0. The van der Waals surface area contributed by atoms with Crippen LogP contribution in [0.2, 0.25) is 0 Å². The van der Waals surface area contributed by atoms with Crippen molar-refractivity contribution in [1.29, 1.82) is 0 Å². The molecule has 3 heteroatoms. The summed E-state index contributed by atoms with van der Waals surface area (Å²) < 4.78 is 11.9. The molecule has 0 saturated heterocycles. The van der Waals surface area contributed by atoms with Gasteiger partial charge in [-0.05, 0) is 73.0 Å². The first-order valence-electron chi connectivity index (χ1n) is 11.5. The molecule has 0 aliphatic heterocycles. The lowest BCUT2D eigenvalue weighted by Gasteiger charge is -2.33. The van der Waals surface area contributed by atoms with Gasteiger partial charge in [-0.1, -0.05) is 71.0 Å². The van der Waals surface area contributed by atoms with Crippen LogP contribution >= 0.6 is 0 Å². The normalized spacial score (nSPS) is 12.4. The number of nitrogens with zero attached hydrogens (tertiary/aromatic N) is 1. The zero-order chi connectivity index (χ0) is 23.1. The second-order valence-electron chi connectivity index (χ2n) is 10.8. The van der Waals surface area contributed by atoms with E-state index in [9.17, 15) is 0 Å². The molecule has 0 aromatic heterocycles. The molecule has 0 unspecified atom stereocenters. The van der Waals surface area contributed by atoms with Crippen LogP contribution in [0.1, 0.15) is 63.3 Å². The van der Waals surface area contributed by atoms with E-state index in [4.69, 9.17) is 9.47 Å². The van der Waals surface area contributed by atoms with Gasteiger partial charge in [-0.25, -0.2) is 0 Å². The van der Waals surface area contributed by atoms with Gasteiger partial charge in [0.15, 0.2) is 0 Å². The average Bonchev–Trinajstić information content (AvgIpc) is 2.64. The molecule has 2 aromatic carbocycles. The van der Waals surface area contributed by atoms with Gasteiger partial charge in [0.25, 0.3) is 0 Å². The third-order valence-electron chi connectivity index (χ3n) is 5.53. The molecule has 0 heterocycles. The fourth-order valence-corrected chi connectivity index (χ4v) is 4.45. The fraction of sp³-hybridized carbons (Fsp3) is 0.571. The Morgan fingerprint density at radius 2 is 1.52 bits per heavy atom. The van der Waals surface area contributed by atoms with Gasteiger partial charge in [0.05, 0.1) is 13.2 Å². The van der Waals surface area contributed by atoms with E-state index in [1.807, 2.05) is 0 Å². The molecule has 0 bridgehead atoms. The van der Waals surface area contributed by atoms with Crippen LogP contribution in [-0.2, 0) is 23.1 Å². The lowest BCUT2D eigenvalue weighted by atomic mass is 9.72. The predicted molar refractivity (Wildman–Crippen MR) is 132 cm³/mol. The van der Waals surface area contributed by atoms with Gasteiger partial charge >= 0.3 is 0 Å². The Hall–Kier alpha value is -1.84. The first-order chi connectivity index (χ1) is 14.5. The van der Waals surface area contributed by atoms with E-state index >= 15 is 0 Å². The molecule has 3 nitrogen and oxygen atoms in total. The van der Waals surface area contributed by atoms with Crippen molar-refractivity contribution < 1.29 is 9.47 Å². The highest BCUT2D eigenvalue weighted by molar-refractivity contribution is 5.39. The van der Waals surface area contributed by atoms with Gasteiger partial charge in [-0.15, -0.1) is 0 Å². The minimum absolute atomic E-state index is 0.146. The average molecular weight is 426 g/mol. The first-order valence-corrected chi connectivity index (χ1v) is 11.5. The quantitative estimate of drug-likeness (QED) is 0.388. The maximum absolute atomic E-state index is 6.00. The standard InChI is InChI=1S/C28H43NO2/c1-22-19-25(28(5,6)21-27(2,3)4)13-14-26(22)31-18-17-30-16-15-23-11-9-10-12-24(23)20-29(7)8/h9-14,19H,15-18,20-21H2,1-8H3. The molecule has 2 aromatic rings. The van der Waals surface area contributed by atoms with E-state index in [0.29, 0.717) is 25.2 Å². The van der Waals surface area contributed by atoms with Crippen LogP contribution in [0.4, 0.5) is 0 Å². The van der Waals surface area contributed by atoms with Crippen molar-refractivity contribution in [3.63, 3.8) is 0 Å². The molecule has 0 amide bonds. The summed E-state index contributed by atoms with van der Waals surface area (Å²) in [4.78, 5) is 2.20. The summed E-state index contributed by atoms with van der Waals surface area (Å²) in [7, 11) is 4.20. The molecule has 172 valence electrons. The fourth-order valence-electron chi connectivity index (χ4n) is 4.45. The molecular weight excluding hydrogens is 382 g/mol. The van der Waals surface area contributed by atoms with E-state index in [1.54, 1.807) is 0 Å². The minimum atomic E-state index is 0.146. The largest absolute Gasteiger partial charge is 0.491 e. The Bertz CT molecular complexity index is 818. The molecule has 0 aliphatic carbocycles. The SMILES string of the molecule is Cc1cc(C(C)(C)CC(C)(C)C)ccc1OCCOCCc1ccccc1CN(C)C. The summed E-state index contributed by atoms with van der Waals surface area (Å²) in [6.07, 6.45) is 2.08. The molecular formula is C28H43NO2. The lowest BCUT2D eigenvalue weighted by molar-refractivity contribution is 0.102. The first kappa shape index (κ1) is 25.4. The second-order valence-corrected chi connectivity index (χ2v) is 10.8. The lowest BCUT2D eigenvalue weighted by Crippen LogP contribution is -2.24. The zero-order valence-corrected chi connectivity index (χ0v) is 21.0. The summed E-state index contributed by atoms with van der Waals surface area (Å²) in [6.45, 7) is 16.6. The Labute approximate surface area is 190 Å².